The zero-order chi connectivity index (χ0) is 14.2. The van der Waals surface area contributed by atoms with Crippen molar-refractivity contribution in [3.63, 3.8) is 0 Å². The molecule has 0 saturated carbocycles. The van der Waals surface area contributed by atoms with Crippen LogP contribution in [0, 0.1) is 0 Å². The van der Waals surface area contributed by atoms with Crippen LogP contribution in [-0.4, -0.2) is 15.0 Å². The molecule has 1 atom stereocenters. The lowest BCUT2D eigenvalue weighted by Gasteiger charge is -2.14. The molecular weight excluding hydrogens is 280 g/mol. The van der Waals surface area contributed by atoms with Gasteiger partial charge >= 0.3 is 0 Å². The second kappa shape index (κ2) is 5.07. The summed E-state index contributed by atoms with van der Waals surface area (Å²) in [7, 11) is 0. The Morgan fingerprint density at radius 3 is 3.00 bits per heavy atom. The number of nitrogens with one attached hydrogen (secondary N) is 1. The van der Waals surface area contributed by atoms with E-state index in [0.29, 0.717) is 0 Å². The van der Waals surface area contributed by atoms with Gasteiger partial charge in [-0.05, 0) is 43.9 Å². The molecule has 0 bridgehead atoms. The zero-order valence-corrected chi connectivity index (χ0v) is 12.7. The summed E-state index contributed by atoms with van der Waals surface area (Å²) in [6, 6.07) is 6.11. The number of fused-ring (bicyclic) bond motifs is 3. The van der Waals surface area contributed by atoms with Gasteiger partial charge in [0.15, 0.2) is 0 Å². The largest absolute Gasteiger partial charge is 0.361 e. The molecule has 21 heavy (non-hydrogen) atoms. The number of hydrogen-bond acceptors (Lipinski definition) is 5. The van der Waals surface area contributed by atoms with Gasteiger partial charge < -0.3 is 5.32 Å². The topological polar surface area (TPSA) is 50.7 Å². The first kappa shape index (κ1) is 12.7. The molecule has 0 amide bonds. The van der Waals surface area contributed by atoms with Crippen LogP contribution in [0.1, 0.15) is 35.5 Å². The van der Waals surface area contributed by atoms with E-state index in [9.17, 15) is 0 Å². The third kappa shape index (κ3) is 2.17. The van der Waals surface area contributed by atoms with Crippen LogP contribution in [0.15, 0.2) is 30.7 Å². The van der Waals surface area contributed by atoms with Crippen molar-refractivity contribution >= 4 is 27.4 Å². The molecule has 0 spiro atoms. The Bertz CT molecular complexity index is 782. The number of aryl methyl sites for hydroxylation is 2. The van der Waals surface area contributed by atoms with Gasteiger partial charge in [-0.25, -0.2) is 9.97 Å². The Hall–Kier alpha value is -2.01. The number of aromatic nitrogens is 3. The van der Waals surface area contributed by atoms with Crippen molar-refractivity contribution in [1.82, 2.24) is 15.0 Å². The van der Waals surface area contributed by atoms with E-state index in [1.807, 2.05) is 35.7 Å². The molecule has 3 aromatic heterocycles. The lowest BCUT2D eigenvalue weighted by Crippen LogP contribution is -2.10. The number of rotatable bonds is 3. The average molecular weight is 296 g/mol. The van der Waals surface area contributed by atoms with E-state index in [1.165, 1.54) is 28.7 Å². The monoisotopic (exact) mass is 296 g/mol. The molecule has 5 heteroatoms. The van der Waals surface area contributed by atoms with Gasteiger partial charge in [0.1, 0.15) is 17.0 Å². The predicted octanol–water partition coefficient (Wildman–Crippen LogP) is 3.75. The first-order valence-corrected chi connectivity index (χ1v) is 8.07. The molecular formula is C16H16N4S. The van der Waals surface area contributed by atoms with Gasteiger partial charge in [-0.1, -0.05) is 6.07 Å². The third-order valence-electron chi connectivity index (χ3n) is 3.99. The zero-order valence-electron chi connectivity index (χ0n) is 11.8. The highest BCUT2D eigenvalue weighted by Crippen LogP contribution is 2.39. The first-order chi connectivity index (χ1) is 10.3. The number of hydrogen-bond donors (Lipinski definition) is 1. The third-order valence-corrected chi connectivity index (χ3v) is 5.19. The van der Waals surface area contributed by atoms with E-state index in [-0.39, 0.29) is 6.04 Å². The minimum atomic E-state index is 0.126. The Balaban J connectivity index is 1.74. The maximum Gasteiger partial charge on any atom is 0.138 e. The Morgan fingerprint density at radius 2 is 2.14 bits per heavy atom. The van der Waals surface area contributed by atoms with Gasteiger partial charge in [0.2, 0.25) is 0 Å². The van der Waals surface area contributed by atoms with Gasteiger partial charge in [0, 0.05) is 11.1 Å². The lowest BCUT2D eigenvalue weighted by molar-refractivity contribution is 0.833. The SMILES string of the molecule is CC(Nc1ncnc2sc3c(c12)CCC3)c1ccccn1. The van der Waals surface area contributed by atoms with Gasteiger partial charge in [-0.3, -0.25) is 4.98 Å². The molecule has 0 radical (unpaired) electrons. The molecule has 4 rings (SSSR count). The number of anilines is 1. The van der Waals surface area contributed by atoms with Crippen LogP contribution >= 0.6 is 11.3 Å². The Labute approximate surface area is 127 Å². The smallest absolute Gasteiger partial charge is 0.138 e. The normalized spacial score (nSPS) is 15.1. The van der Waals surface area contributed by atoms with Crippen molar-refractivity contribution in [1.29, 1.82) is 0 Å². The second-order valence-electron chi connectivity index (χ2n) is 5.38. The molecule has 0 fully saturated rings. The van der Waals surface area contributed by atoms with Gasteiger partial charge in [0.25, 0.3) is 0 Å². The molecule has 0 aromatic carbocycles. The van der Waals surface area contributed by atoms with Crippen molar-refractivity contribution in [2.45, 2.75) is 32.2 Å². The van der Waals surface area contributed by atoms with E-state index in [1.54, 1.807) is 6.33 Å². The fourth-order valence-corrected chi connectivity index (χ4v) is 4.18. The minimum absolute atomic E-state index is 0.126. The summed E-state index contributed by atoms with van der Waals surface area (Å²) in [5, 5.41) is 4.73. The highest BCUT2D eigenvalue weighted by Gasteiger charge is 2.21. The van der Waals surface area contributed by atoms with Crippen LogP contribution in [-0.2, 0) is 12.8 Å². The van der Waals surface area contributed by atoms with Crippen LogP contribution in [0.4, 0.5) is 5.82 Å². The fourth-order valence-electron chi connectivity index (χ4n) is 2.95. The molecule has 1 unspecified atom stereocenters. The van der Waals surface area contributed by atoms with Crippen LogP contribution in [0.3, 0.4) is 0 Å². The van der Waals surface area contributed by atoms with E-state index in [2.05, 4.69) is 27.2 Å². The van der Waals surface area contributed by atoms with Crippen LogP contribution < -0.4 is 5.32 Å². The number of nitrogens with zero attached hydrogens (tertiary/aromatic N) is 3. The summed E-state index contributed by atoms with van der Waals surface area (Å²) >= 11 is 1.82. The number of thiophene rings is 1. The predicted molar refractivity (Wildman–Crippen MR) is 85.7 cm³/mol. The van der Waals surface area contributed by atoms with E-state index < -0.39 is 0 Å². The minimum Gasteiger partial charge on any atom is -0.361 e. The maximum absolute atomic E-state index is 4.48. The van der Waals surface area contributed by atoms with Gasteiger partial charge in [-0.2, -0.15) is 0 Å². The van der Waals surface area contributed by atoms with Crippen molar-refractivity contribution in [3.05, 3.63) is 46.9 Å². The van der Waals surface area contributed by atoms with E-state index in [0.717, 1.165) is 22.8 Å². The summed E-state index contributed by atoms with van der Waals surface area (Å²) in [6.45, 7) is 2.11. The molecule has 1 aliphatic carbocycles. The van der Waals surface area contributed by atoms with Crippen LogP contribution in [0.25, 0.3) is 10.2 Å². The standard InChI is InChI=1S/C16H16N4S/c1-10(12-6-2-3-8-17-12)20-15-14-11-5-4-7-13(11)21-16(14)19-9-18-15/h2-3,6,8-10H,4-5,7H2,1H3,(H,18,19,20). The lowest BCUT2D eigenvalue weighted by atomic mass is 10.1. The Morgan fingerprint density at radius 1 is 1.19 bits per heavy atom. The molecule has 0 saturated heterocycles. The molecule has 0 aliphatic heterocycles. The van der Waals surface area contributed by atoms with Gasteiger partial charge in [0.05, 0.1) is 17.1 Å². The van der Waals surface area contributed by atoms with Crippen molar-refractivity contribution < 1.29 is 0 Å². The number of pyridine rings is 1. The quantitative estimate of drug-likeness (QED) is 0.799. The summed E-state index contributed by atoms with van der Waals surface area (Å²) in [4.78, 5) is 15.9. The molecule has 106 valence electrons. The average Bonchev–Trinajstić information content (AvgIpc) is 3.09. The summed E-state index contributed by atoms with van der Waals surface area (Å²) in [6.07, 6.45) is 7.06. The molecule has 1 N–H and O–H groups in total. The van der Waals surface area contributed by atoms with E-state index in [4.69, 9.17) is 0 Å². The second-order valence-corrected chi connectivity index (χ2v) is 6.46. The van der Waals surface area contributed by atoms with Crippen molar-refractivity contribution in [3.8, 4) is 0 Å². The molecule has 4 nitrogen and oxygen atoms in total. The van der Waals surface area contributed by atoms with Gasteiger partial charge in [-0.15, -0.1) is 11.3 Å². The van der Waals surface area contributed by atoms with Crippen LogP contribution in [0.2, 0.25) is 0 Å². The Kier molecular flexibility index (Phi) is 3.07. The summed E-state index contributed by atoms with van der Waals surface area (Å²) in [5.41, 5.74) is 2.47. The van der Waals surface area contributed by atoms with Crippen molar-refractivity contribution in [2.24, 2.45) is 0 Å². The fraction of sp³-hybridized carbons (Fsp3) is 0.312. The molecule has 3 aromatic rings. The summed E-state index contributed by atoms with van der Waals surface area (Å²) < 4.78 is 0. The summed E-state index contributed by atoms with van der Waals surface area (Å²) in [5.74, 6) is 0.942. The molecule has 1 aliphatic rings. The first-order valence-electron chi connectivity index (χ1n) is 7.25. The van der Waals surface area contributed by atoms with Crippen molar-refractivity contribution in [2.75, 3.05) is 5.32 Å². The van der Waals surface area contributed by atoms with E-state index >= 15 is 0 Å². The highest BCUT2D eigenvalue weighted by atomic mass is 32.1. The molecule has 3 heterocycles. The highest BCUT2D eigenvalue weighted by molar-refractivity contribution is 7.19. The maximum atomic E-state index is 4.48. The van der Waals surface area contributed by atoms with Crippen LogP contribution in [0.5, 0.6) is 0 Å².